The lowest BCUT2D eigenvalue weighted by molar-refractivity contribution is 0.305. The molecule has 1 aromatic heterocycles. The predicted molar refractivity (Wildman–Crippen MR) is 70.5 cm³/mol. The quantitative estimate of drug-likeness (QED) is 0.672. The van der Waals surface area contributed by atoms with Crippen LogP contribution in [-0.2, 0) is 6.61 Å². The number of ether oxygens (including phenoxy) is 1. The van der Waals surface area contributed by atoms with Gasteiger partial charge in [-0.15, -0.1) is 0 Å². The lowest BCUT2D eigenvalue weighted by atomic mass is 10.3. The maximum atomic E-state index is 5.62. The molecule has 0 spiro atoms. The van der Waals surface area contributed by atoms with Gasteiger partial charge in [-0.3, -0.25) is 0 Å². The van der Waals surface area contributed by atoms with Crippen molar-refractivity contribution in [1.29, 1.82) is 0 Å². The van der Waals surface area contributed by atoms with Crippen molar-refractivity contribution in [3.8, 4) is 5.75 Å². The largest absolute Gasteiger partial charge is 0.489 e. The molecule has 0 radical (unpaired) electrons. The molecule has 0 amide bonds. The molecule has 0 fully saturated rings. The van der Waals surface area contributed by atoms with Crippen LogP contribution in [0.3, 0.4) is 0 Å². The topological polar surface area (TPSA) is 60.2 Å². The summed E-state index contributed by atoms with van der Waals surface area (Å²) in [6, 6.07) is 11.4. The lowest BCUT2D eigenvalue weighted by Crippen LogP contribution is -2.08. The Bertz CT molecular complexity index is 487. The van der Waals surface area contributed by atoms with E-state index in [4.69, 9.17) is 10.6 Å². The van der Waals surface area contributed by atoms with Crippen LogP contribution in [0.1, 0.15) is 5.56 Å². The van der Waals surface area contributed by atoms with E-state index in [9.17, 15) is 0 Å². The van der Waals surface area contributed by atoms with E-state index in [1.807, 2.05) is 30.3 Å². The number of nitrogen functional groups attached to an aromatic ring is 1. The highest BCUT2D eigenvalue weighted by atomic mass is 79.9. The number of anilines is 1. The number of benzene rings is 1. The van der Waals surface area contributed by atoms with E-state index < -0.39 is 0 Å². The van der Waals surface area contributed by atoms with Crippen LogP contribution < -0.4 is 16.0 Å². The Morgan fingerprint density at radius 1 is 1.29 bits per heavy atom. The number of pyridine rings is 1. The molecule has 0 unspecified atom stereocenters. The normalized spacial score (nSPS) is 10.0. The number of hydrazine groups is 1. The van der Waals surface area contributed by atoms with Crippen LogP contribution in [0, 0.1) is 0 Å². The first-order chi connectivity index (χ1) is 8.28. The third-order valence-corrected chi connectivity index (χ3v) is 2.67. The highest BCUT2D eigenvalue weighted by Crippen LogP contribution is 2.18. The first kappa shape index (κ1) is 11.9. The van der Waals surface area contributed by atoms with Crippen molar-refractivity contribution in [3.63, 3.8) is 0 Å². The van der Waals surface area contributed by atoms with Gasteiger partial charge in [0.1, 0.15) is 18.2 Å². The summed E-state index contributed by atoms with van der Waals surface area (Å²) in [5, 5.41) is 0. The molecule has 0 saturated carbocycles. The number of aromatic nitrogens is 1. The van der Waals surface area contributed by atoms with Crippen molar-refractivity contribution in [2.75, 3.05) is 5.43 Å². The van der Waals surface area contributed by atoms with Crippen molar-refractivity contribution in [2.24, 2.45) is 5.84 Å². The maximum absolute atomic E-state index is 5.62. The van der Waals surface area contributed by atoms with E-state index >= 15 is 0 Å². The second kappa shape index (κ2) is 5.65. The summed E-state index contributed by atoms with van der Waals surface area (Å²) < 4.78 is 6.62. The van der Waals surface area contributed by atoms with E-state index in [2.05, 4.69) is 26.3 Å². The molecule has 1 aromatic carbocycles. The highest BCUT2D eigenvalue weighted by Gasteiger charge is 1.98. The summed E-state index contributed by atoms with van der Waals surface area (Å²) in [5.74, 6) is 6.69. The first-order valence-electron chi connectivity index (χ1n) is 5.08. The van der Waals surface area contributed by atoms with Crippen LogP contribution in [0.2, 0.25) is 0 Å². The van der Waals surface area contributed by atoms with E-state index in [0.717, 1.165) is 15.8 Å². The molecule has 5 heteroatoms. The van der Waals surface area contributed by atoms with Crippen molar-refractivity contribution < 1.29 is 4.74 Å². The van der Waals surface area contributed by atoms with Crippen molar-refractivity contribution >= 4 is 21.7 Å². The molecule has 3 N–H and O–H groups in total. The SMILES string of the molecule is NNc1ccc(COc2cccc(Br)c2)cn1. The molecule has 4 nitrogen and oxygen atoms in total. The van der Waals surface area contributed by atoms with E-state index in [-0.39, 0.29) is 0 Å². The van der Waals surface area contributed by atoms with Crippen LogP contribution in [0.15, 0.2) is 47.1 Å². The number of nitrogens with two attached hydrogens (primary N) is 1. The van der Waals surface area contributed by atoms with Gasteiger partial charge in [-0.2, -0.15) is 0 Å². The van der Waals surface area contributed by atoms with Gasteiger partial charge in [-0.05, 0) is 24.3 Å². The second-order valence-corrected chi connectivity index (χ2v) is 4.36. The Kier molecular flexibility index (Phi) is 3.95. The molecule has 0 aliphatic carbocycles. The summed E-state index contributed by atoms with van der Waals surface area (Å²) in [6.07, 6.45) is 1.73. The van der Waals surface area contributed by atoms with Gasteiger partial charge >= 0.3 is 0 Å². The summed E-state index contributed by atoms with van der Waals surface area (Å²) in [7, 11) is 0. The fourth-order valence-electron chi connectivity index (χ4n) is 1.32. The van der Waals surface area contributed by atoms with Gasteiger partial charge in [0.25, 0.3) is 0 Å². The summed E-state index contributed by atoms with van der Waals surface area (Å²) >= 11 is 3.39. The Morgan fingerprint density at radius 2 is 2.18 bits per heavy atom. The Balaban J connectivity index is 1.97. The summed E-state index contributed by atoms with van der Waals surface area (Å²) in [6.45, 7) is 0.480. The van der Waals surface area contributed by atoms with Gasteiger partial charge < -0.3 is 10.2 Å². The van der Waals surface area contributed by atoms with Crippen LogP contribution in [0.4, 0.5) is 5.82 Å². The fourth-order valence-corrected chi connectivity index (χ4v) is 1.70. The summed E-state index contributed by atoms with van der Waals surface area (Å²) in [4.78, 5) is 4.10. The zero-order valence-electron chi connectivity index (χ0n) is 9.06. The number of halogens is 1. The minimum Gasteiger partial charge on any atom is -0.489 e. The van der Waals surface area contributed by atoms with Crippen LogP contribution in [-0.4, -0.2) is 4.98 Å². The number of nitrogens with zero attached hydrogens (tertiary/aromatic N) is 1. The van der Waals surface area contributed by atoms with Gasteiger partial charge in [0, 0.05) is 16.2 Å². The molecule has 0 bridgehead atoms. The van der Waals surface area contributed by atoms with Crippen LogP contribution >= 0.6 is 15.9 Å². The number of hydrogen-bond acceptors (Lipinski definition) is 4. The first-order valence-corrected chi connectivity index (χ1v) is 5.87. The predicted octanol–water partition coefficient (Wildman–Crippen LogP) is 2.71. The molecule has 2 aromatic rings. The van der Waals surface area contributed by atoms with E-state index in [1.165, 1.54) is 0 Å². The van der Waals surface area contributed by atoms with E-state index in [0.29, 0.717) is 12.4 Å². The van der Waals surface area contributed by atoms with Crippen molar-refractivity contribution in [2.45, 2.75) is 6.61 Å². The average Bonchev–Trinajstić information content (AvgIpc) is 2.37. The van der Waals surface area contributed by atoms with Gasteiger partial charge in [0.15, 0.2) is 0 Å². The number of nitrogens with one attached hydrogen (secondary N) is 1. The van der Waals surface area contributed by atoms with Gasteiger partial charge in [-0.1, -0.05) is 28.1 Å². The summed E-state index contributed by atoms with van der Waals surface area (Å²) in [5.41, 5.74) is 3.47. The molecule has 0 atom stereocenters. The fraction of sp³-hybridized carbons (Fsp3) is 0.0833. The average molecular weight is 294 g/mol. The lowest BCUT2D eigenvalue weighted by Gasteiger charge is -2.06. The zero-order chi connectivity index (χ0) is 12.1. The maximum Gasteiger partial charge on any atom is 0.139 e. The standard InChI is InChI=1S/C12H12BrN3O/c13-10-2-1-3-11(6-10)17-8-9-4-5-12(16-14)15-7-9/h1-7H,8,14H2,(H,15,16). The molecular weight excluding hydrogens is 282 g/mol. The molecular formula is C12H12BrN3O. The van der Waals surface area contributed by atoms with Crippen molar-refractivity contribution in [1.82, 2.24) is 4.98 Å². The third kappa shape index (κ3) is 3.44. The minimum atomic E-state index is 0.480. The highest BCUT2D eigenvalue weighted by molar-refractivity contribution is 9.10. The molecule has 2 rings (SSSR count). The van der Waals surface area contributed by atoms with E-state index in [1.54, 1.807) is 12.3 Å². The van der Waals surface area contributed by atoms with Gasteiger partial charge in [-0.25, -0.2) is 10.8 Å². The van der Waals surface area contributed by atoms with Gasteiger partial charge in [0.05, 0.1) is 0 Å². The Morgan fingerprint density at radius 3 is 2.82 bits per heavy atom. The minimum absolute atomic E-state index is 0.480. The Hall–Kier alpha value is -1.59. The number of hydrogen-bond donors (Lipinski definition) is 2. The zero-order valence-corrected chi connectivity index (χ0v) is 10.6. The smallest absolute Gasteiger partial charge is 0.139 e. The van der Waals surface area contributed by atoms with Gasteiger partial charge in [0.2, 0.25) is 0 Å². The molecule has 17 heavy (non-hydrogen) atoms. The number of rotatable bonds is 4. The Labute approximate surface area is 108 Å². The van der Waals surface area contributed by atoms with Crippen molar-refractivity contribution in [3.05, 3.63) is 52.6 Å². The molecule has 88 valence electrons. The third-order valence-electron chi connectivity index (χ3n) is 2.17. The van der Waals surface area contributed by atoms with Crippen LogP contribution in [0.25, 0.3) is 0 Å². The van der Waals surface area contributed by atoms with Crippen LogP contribution in [0.5, 0.6) is 5.75 Å². The molecule has 0 aliphatic rings. The monoisotopic (exact) mass is 293 g/mol. The second-order valence-electron chi connectivity index (χ2n) is 3.44. The molecule has 1 heterocycles. The molecule has 0 aliphatic heterocycles. The molecule has 0 saturated heterocycles.